The maximum Gasteiger partial charge on any atom is 0.305 e. The van der Waals surface area contributed by atoms with Crippen molar-refractivity contribution in [2.45, 2.75) is 44.8 Å². The van der Waals surface area contributed by atoms with Gasteiger partial charge in [0, 0.05) is 20.0 Å². The van der Waals surface area contributed by atoms with Gasteiger partial charge in [0.05, 0.1) is 13.0 Å². The number of rotatable bonds is 14. The fourth-order valence-corrected chi connectivity index (χ4v) is 2.85. The minimum Gasteiger partial charge on any atom is -0.481 e. The predicted molar refractivity (Wildman–Crippen MR) is 130 cm³/mol. The summed E-state index contributed by atoms with van der Waals surface area (Å²) in [6.07, 6.45) is -0.0301. The zero-order chi connectivity index (χ0) is 25.5. The van der Waals surface area contributed by atoms with E-state index in [0.717, 1.165) is 5.56 Å². The van der Waals surface area contributed by atoms with E-state index in [0.29, 0.717) is 6.42 Å². The van der Waals surface area contributed by atoms with Crippen LogP contribution in [0.1, 0.15) is 31.7 Å². The van der Waals surface area contributed by atoms with Crippen LogP contribution < -0.4 is 32.7 Å². The quantitative estimate of drug-likeness (QED) is 0.0866. The number of nitrogens with one attached hydrogen (secondary N) is 4. The first kappa shape index (κ1) is 31.1. The molecule has 0 saturated heterocycles. The molecule has 0 aliphatic heterocycles. The van der Waals surface area contributed by atoms with Crippen molar-refractivity contribution in [2.75, 3.05) is 13.1 Å². The number of hydrogen-bond acceptors (Lipinski definition) is 6. The molecule has 0 aliphatic carbocycles. The van der Waals surface area contributed by atoms with Crippen LogP contribution in [0.3, 0.4) is 0 Å². The number of nitrogens with zero attached hydrogens (tertiary/aromatic N) is 1. The number of carboxylic acid groups (broad SMARTS) is 1. The zero-order valence-corrected chi connectivity index (χ0v) is 20.1. The second-order valence-corrected chi connectivity index (χ2v) is 7.34. The summed E-state index contributed by atoms with van der Waals surface area (Å²) >= 11 is 0. The van der Waals surface area contributed by atoms with E-state index in [9.17, 15) is 24.0 Å². The second-order valence-electron chi connectivity index (χ2n) is 7.34. The van der Waals surface area contributed by atoms with Gasteiger partial charge in [-0.3, -0.25) is 29.0 Å². The highest BCUT2D eigenvalue weighted by Crippen LogP contribution is 2.01. The molecule has 2 atom stereocenters. The Morgan fingerprint density at radius 2 is 1.60 bits per heavy atom. The summed E-state index contributed by atoms with van der Waals surface area (Å²) in [6, 6.07) is 6.69. The first-order chi connectivity index (χ1) is 16.1. The van der Waals surface area contributed by atoms with Gasteiger partial charge in [0.15, 0.2) is 5.96 Å². The van der Waals surface area contributed by atoms with Crippen LogP contribution in [0.5, 0.6) is 0 Å². The number of guanidine groups is 1. The summed E-state index contributed by atoms with van der Waals surface area (Å²) in [5.41, 5.74) is 11.3. The van der Waals surface area contributed by atoms with Crippen molar-refractivity contribution < 1.29 is 29.1 Å². The molecule has 0 unspecified atom stereocenters. The van der Waals surface area contributed by atoms with E-state index in [1.165, 1.54) is 6.92 Å². The van der Waals surface area contributed by atoms with Gasteiger partial charge < -0.3 is 37.8 Å². The molecule has 0 fully saturated rings. The van der Waals surface area contributed by atoms with Crippen LogP contribution in [0.25, 0.3) is 0 Å². The van der Waals surface area contributed by atoms with Crippen LogP contribution >= 0.6 is 12.4 Å². The van der Waals surface area contributed by atoms with Crippen LogP contribution in [0.15, 0.2) is 35.3 Å². The normalized spacial score (nSPS) is 11.6. The molecule has 0 aliphatic rings. The number of halogens is 1. The molecule has 35 heavy (non-hydrogen) atoms. The monoisotopic (exact) mass is 513 g/mol. The first-order valence-electron chi connectivity index (χ1n) is 10.5. The number of carbonyl (C=O) groups is 5. The molecule has 14 heteroatoms. The molecule has 4 amide bonds. The molecule has 0 radical (unpaired) electrons. The Balaban J connectivity index is 0.0000116. The minimum absolute atomic E-state index is 0. The predicted octanol–water partition coefficient (Wildman–Crippen LogP) is -1.64. The Kier molecular flexibility index (Phi) is 14.9. The number of amides is 4. The van der Waals surface area contributed by atoms with Crippen molar-refractivity contribution in [1.29, 1.82) is 0 Å². The smallest absolute Gasteiger partial charge is 0.305 e. The summed E-state index contributed by atoms with van der Waals surface area (Å²) in [4.78, 5) is 63.4. The molecule has 9 N–H and O–H groups in total. The molecule has 0 aromatic heterocycles. The summed E-state index contributed by atoms with van der Waals surface area (Å²) < 4.78 is 0. The Labute approximate surface area is 208 Å². The number of aliphatic imine (C=N–C) groups is 1. The molecular weight excluding hydrogens is 482 g/mol. The third kappa shape index (κ3) is 14.1. The average Bonchev–Trinajstić information content (AvgIpc) is 2.77. The fourth-order valence-electron chi connectivity index (χ4n) is 2.85. The number of benzene rings is 1. The topological polar surface area (TPSA) is 218 Å². The lowest BCUT2D eigenvalue weighted by Gasteiger charge is -2.19. The molecule has 0 spiro atoms. The number of hydrogen-bond donors (Lipinski definition) is 7. The van der Waals surface area contributed by atoms with E-state index in [2.05, 4.69) is 26.3 Å². The highest BCUT2D eigenvalue weighted by molar-refractivity contribution is 5.93. The van der Waals surface area contributed by atoms with Gasteiger partial charge in [-0.1, -0.05) is 30.3 Å². The Morgan fingerprint density at radius 1 is 0.971 bits per heavy atom. The maximum atomic E-state index is 12.4. The Morgan fingerprint density at radius 3 is 2.17 bits per heavy atom. The van der Waals surface area contributed by atoms with Crippen LogP contribution in [0.4, 0.5) is 0 Å². The van der Waals surface area contributed by atoms with Crippen molar-refractivity contribution >= 4 is 48.0 Å². The SMILES string of the molecule is CC(=O)N[C@@H](CCCN=C(N)N)C(=O)NCC(=O)N[C@@H](CC(=O)O)C(=O)NCc1ccccc1.Cl. The van der Waals surface area contributed by atoms with Gasteiger partial charge in [0.1, 0.15) is 12.1 Å². The lowest BCUT2D eigenvalue weighted by Crippen LogP contribution is -2.52. The number of nitrogens with two attached hydrogens (primary N) is 2. The van der Waals surface area contributed by atoms with E-state index in [4.69, 9.17) is 16.6 Å². The summed E-state index contributed by atoms with van der Waals surface area (Å²) in [7, 11) is 0. The Bertz CT molecular complexity index is 893. The molecule has 0 saturated carbocycles. The molecule has 0 bridgehead atoms. The third-order valence-electron chi connectivity index (χ3n) is 4.40. The molecule has 13 nitrogen and oxygen atoms in total. The van der Waals surface area contributed by atoms with Gasteiger partial charge in [-0.05, 0) is 18.4 Å². The highest BCUT2D eigenvalue weighted by atomic mass is 35.5. The zero-order valence-electron chi connectivity index (χ0n) is 19.3. The number of carboxylic acids is 1. The van der Waals surface area contributed by atoms with Crippen molar-refractivity contribution in [3.8, 4) is 0 Å². The maximum absolute atomic E-state index is 12.4. The van der Waals surface area contributed by atoms with Crippen molar-refractivity contribution in [3.63, 3.8) is 0 Å². The van der Waals surface area contributed by atoms with Gasteiger partial charge in [0.25, 0.3) is 0 Å². The van der Waals surface area contributed by atoms with Crippen molar-refractivity contribution in [2.24, 2.45) is 16.5 Å². The molecule has 0 heterocycles. The van der Waals surface area contributed by atoms with Crippen LogP contribution in [0.2, 0.25) is 0 Å². The van der Waals surface area contributed by atoms with Gasteiger partial charge >= 0.3 is 5.97 Å². The molecule has 1 rings (SSSR count). The molecule has 194 valence electrons. The second kappa shape index (κ2) is 16.7. The van der Waals surface area contributed by atoms with Crippen LogP contribution in [-0.2, 0) is 30.5 Å². The lowest BCUT2D eigenvalue weighted by molar-refractivity contribution is -0.140. The lowest BCUT2D eigenvalue weighted by atomic mass is 10.1. The van der Waals surface area contributed by atoms with Gasteiger partial charge in [0.2, 0.25) is 23.6 Å². The van der Waals surface area contributed by atoms with Gasteiger partial charge in [-0.25, -0.2) is 0 Å². The molecule has 1 aromatic rings. The van der Waals surface area contributed by atoms with Crippen molar-refractivity contribution in [3.05, 3.63) is 35.9 Å². The average molecular weight is 514 g/mol. The standard InChI is InChI=1S/C21H31N7O6.ClH/c1-13(29)27-15(8-5-9-24-21(22)23)19(33)26-12-17(30)28-16(10-18(31)32)20(34)25-11-14-6-3-2-4-7-14;/h2-4,6-7,15-16H,5,8-12H2,1H3,(H,25,34)(H,26,33)(H,27,29)(H,28,30)(H,31,32)(H4,22,23,24);1H/t15-,16-;/m0./s1. The molecular formula is C21H32ClN7O6. The van der Waals surface area contributed by atoms with Gasteiger partial charge in [-0.2, -0.15) is 0 Å². The van der Waals surface area contributed by atoms with E-state index in [1.54, 1.807) is 24.3 Å². The largest absolute Gasteiger partial charge is 0.481 e. The van der Waals surface area contributed by atoms with E-state index in [-0.39, 0.29) is 37.9 Å². The number of aliphatic carboxylic acids is 1. The summed E-state index contributed by atoms with van der Waals surface area (Å²) in [6.45, 7) is 1.13. The van der Waals surface area contributed by atoms with Crippen LogP contribution in [0, 0.1) is 0 Å². The van der Waals surface area contributed by atoms with E-state index in [1.807, 2.05) is 6.07 Å². The first-order valence-corrected chi connectivity index (χ1v) is 10.5. The van der Waals surface area contributed by atoms with E-state index < -0.39 is 54.6 Å². The fraction of sp³-hybridized carbons (Fsp3) is 0.429. The van der Waals surface area contributed by atoms with Crippen LogP contribution in [-0.4, -0.2) is 65.8 Å². The third-order valence-corrected chi connectivity index (χ3v) is 4.40. The van der Waals surface area contributed by atoms with E-state index >= 15 is 0 Å². The summed E-state index contributed by atoms with van der Waals surface area (Å²) in [5.74, 6) is -3.89. The Hall–Kier alpha value is -3.87. The number of carbonyl (C=O) groups excluding carboxylic acids is 4. The summed E-state index contributed by atoms with van der Waals surface area (Å²) in [5, 5.41) is 18.8. The van der Waals surface area contributed by atoms with Gasteiger partial charge in [-0.15, -0.1) is 12.4 Å². The van der Waals surface area contributed by atoms with Crippen molar-refractivity contribution in [1.82, 2.24) is 21.3 Å². The minimum atomic E-state index is -1.34. The molecule has 1 aromatic carbocycles. The highest BCUT2D eigenvalue weighted by Gasteiger charge is 2.25.